The van der Waals surface area contributed by atoms with Crippen molar-refractivity contribution < 1.29 is 19.2 Å². The average Bonchev–Trinajstić information content (AvgIpc) is 3.09. The van der Waals surface area contributed by atoms with Crippen molar-refractivity contribution in [3.05, 3.63) is 53.6 Å². The van der Waals surface area contributed by atoms with Gasteiger partial charge in [-0.2, -0.15) is 0 Å². The fourth-order valence-electron chi connectivity index (χ4n) is 2.99. The van der Waals surface area contributed by atoms with Crippen LogP contribution in [0.5, 0.6) is 11.5 Å². The SMILES string of the molecule is CN(C)c1ccc([C@H](CNC(=O)c2ccc3c(c2)OCO3)[NH+](C)C)cc1. The van der Waals surface area contributed by atoms with Crippen LogP contribution in [0.3, 0.4) is 0 Å². The summed E-state index contributed by atoms with van der Waals surface area (Å²) in [7, 11) is 8.24. The van der Waals surface area contributed by atoms with Crippen LogP contribution < -0.4 is 24.6 Å². The number of likely N-dealkylation sites (N-methyl/N-ethyl adjacent to an activating group) is 1. The van der Waals surface area contributed by atoms with Gasteiger partial charge in [0.15, 0.2) is 11.5 Å². The van der Waals surface area contributed by atoms with Crippen LogP contribution in [0, 0.1) is 0 Å². The lowest BCUT2D eigenvalue weighted by Crippen LogP contribution is -3.07. The molecule has 2 N–H and O–H groups in total. The van der Waals surface area contributed by atoms with E-state index in [0.717, 1.165) is 5.69 Å². The van der Waals surface area contributed by atoms with E-state index >= 15 is 0 Å². The second-order valence-corrected chi connectivity index (χ2v) is 6.89. The number of nitrogens with zero attached hydrogens (tertiary/aromatic N) is 1. The summed E-state index contributed by atoms with van der Waals surface area (Å²) in [6, 6.07) is 13.9. The van der Waals surface area contributed by atoms with Gasteiger partial charge in [-0.05, 0) is 30.3 Å². The lowest BCUT2D eigenvalue weighted by Gasteiger charge is -2.23. The van der Waals surface area contributed by atoms with Crippen molar-refractivity contribution in [1.29, 1.82) is 0 Å². The van der Waals surface area contributed by atoms with Crippen LogP contribution >= 0.6 is 0 Å². The minimum atomic E-state index is -0.112. The molecule has 0 radical (unpaired) electrons. The lowest BCUT2D eigenvalue weighted by atomic mass is 10.0. The van der Waals surface area contributed by atoms with Crippen LogP contribution in [0.1, 0.15) is 22.0 Å². The van der Waals surface area contributed by atoms with E-state index in [4.69, 9.17) is 9.47 Å². The van der Waals surface area contributed by atoms with Gasteiger partial charge in [-0.3, -0.25) is 4.79 Å². The van der Waals surface area contributed by atoms with Gasteiger partial charge >= 0.3 is 0 Å². The first kappa shape index (κ1) is 18.1. The molecule has 3 rings (SSSR count). The normalized spacial score (nSPS) is 13.6. The van der Waals surface area contributed by atoms with E-state index in [2.05, 4.69) is 48.6 Å². The lowest BCUT2D eigenvalue weighted by molar-refractivity contribution is -0.890. The average molecular weight is 356 g/mol. The largest absolute Gasteiger partial charge is 0.454 e. The minimum absolute atomic E-state index is 0.112. The third-order valence-corrected chi connectivity index (χ3v) is 4.61. The number of benzene rings is 2. The second kappa shape index (κ2) is 7.66. The van der Waals surface area contributed by atoms with E-state index in [0.29, 0.717) is 23.6 Å². The van der Waals surface area contributed by atoms with Crippen molar-refractivity contribution >= 4 is 11.6 Å². The van der Waals surface area contributed by atoms with Crippen molar-refractivity contribution in [2.45, 2.75) is 6.04 Å². The van der Waals surface area contributed by atoms with Crippen LogP contribution in [0.25, 0.3) is 0 Å². The molecule has 0 spiro atoms. The summed E-state index contributed by atoms with van der Waals surface area (Å²) >= 11 is 0. The quantitative estimate of drug-likeness (QED) is 0.814. The number of ether oxygens (including phenoxy) is 2. The Morgan fingerprint density at radius 3 is 2.46 bits per heavy atom. The summed E-state index contributed by atoms with van der Waals surface area (Å²) in [4.78, 5) is 15.9. The molecule has 1 aliphatic rings. The van der Waals surface area contributed by atoms with Gasteiger partial charge in [-0.25, -0.2) is 0 Å². The zero-order valence-corrected chi connectivity index (χ0v) is 15.7. The van der Waals surface area contributed by atoms with Crippen molar-refractivity contribution in [2.24, 2.45) is 0 Å². The predicted octanol–water partition coefficient (Wildman–Crippen LogP) is 1.10. The van der Waals surface area contributed by atoms with E-state index in [9.17, 15) is 4.79 Å². The van der Waals surface area contributed by atoms with E-state index in [1.54, 1.807) is 18.2 Å². The van der Waals surface area contributed by atoms with Crippen LogP contribution in [0.2, 0.25) is 0 Å². The zero-order chi connectivity index (χ0) is 18.7. The summed E-state index contributed by atoms with van der Waals surface area (Å²) in [5.41, 5.74) is 2.93. The molecular weight excluding hydrogens is 330 g/mol. The maximum atomic E-state index is 12.5. The summed E-state index contributed by atoms with van der Waals surface area (Å²) < 4.78 is 10.6. The number of nitrogens with one attached hydrogen (secondary N) is 2. The molecule has 1 atom stereocenters. The Morgan fingerprint density at radius 1 is 1.12 bits per heavy atom. The van der Waals surface area contributed by atoms with Gasteiger partial charge in [0.25, 0.3) is 5.91 Å². The van der Waals surface area contributed by atoms with Gasteiger partial charge in [0.1, 0.15) is 6.04 Å². The summed E-state index contributed by atoms with van der Waals surface area (Å²) in [6.45, 7) is 0.756. The number of amides is 1. The molecule has 1 aliphatic heterocycles. The molecule has 0 aromatic heterocycles. The number of fused-ring (bicyclic) bond motifs is 1. The Morgan fingerprint density at radius 2 is 1.81 bits per heavy atom. The van der Waals surface area contributed by atoms with E-state index in [1.165, 1.54) is 10.5 Å². The molecule has 1 heterocycles. The van der Waals surface area contributed by atoms with Crippen LogP contribution in [-0.4, -0.2) is 47.4 Å². The molecule has 6 nitrogen and oxygen atoms in total. The Labute approximate surface area is 154 Å². The first-order valence-electron chi connectivity index (χ1n) is 8.71. The van der Waals surface area contributed by atoms with Crippen LogP contribution in [0.15, 0.2) is 42.5 Å². The highest BCUT2D eigenvalue weighted by molar-refractivity contribution is 5.94. The van der Waals surface area contributed by atoms with E-state index < -0.39 is 0 Å². The molecule has 6 heteroatoms. The van der Waals surface area contributed by atoms with Gasteiger partial charge < -0.3 is 24.6 Å². The molecule has 0 unspecified atom stereocenters. The Kier molecular flexibility index (Phi) is 5.32. The molecule has 138 valence electrons. The highest BCUT2D eigenvalue weighted by atomic mass is 16.7. The molecule has 0 saturated heterocycles. The smallest absolute Gasteiger partial charge is 0.251 e. The van der Waals surface area contributed by atoms with Gasteiger partial charge in [0.05, 0.1) is 20.6 Å². The standard InChI is InChI=1S/C20H25N3O3/c1-22(2)16-8-5-14(6-9-16)17(23(3)4)12-21-20(24)15-7-10-18-19(11-15)26-13-25-18/h5-11,17H,12-13H2,1-4H3,(H,21,24)/p+1/t17-/m0/s1. The molecule has 0 bridgehead atoms. The molecule has 0 fully saturated rings. The molecule has 2 aromatic carbocycles. The van der Waals surface area contributed by atoms with Gasteiger partial charge in [0, 0.05) is 30.9 Å². The summed E-state index contributed by atoms with van der Waals surface area (Å²) in [5.74, 6) is 1.18. The van der Waals surface area contributed by atoms with Crippen LogP contribution in [0.4, 0.5) is 5.69 Å². The van der Waals surface area contributed by atoms with E-state index in [1.807, 2.05) is 14.1 Å². The van der Waals surface area contributed by atoms with Gasteiger partial charge in [0.2, 0.25) is 6.79 Å². The number of hydrogen-bond acceptors (Lipinski definition) is 4. The maximum absolute atomic E-state index is 12.5. The summed E-state index contributed by atoms with van der Waals surface area (Å²) in [5, 5.41) is 3.04. The van der Waals surface area contributed by atoms with E-state index in [-0.39, 0.29) is 18.7 Å². The minimum Gasteiger partial charge on any atom is -0.454 e. The van der Waals surface area contributed by atoms with Crippen molar-refractivity contribution in [3.63, 3.8) is 0 Å². The number of carbonyl (C=O) groups is 1. The predicted molar refractivity (Wildman–Crippen MR) is 101 cm³/mol. The fourth-order valence-corrected chi connectivity index (χ4v) is 2.99. The van der Waals surface area contributed by atoms with Crippen molar-refractivity contribution in [1.82, 2.24) is 5.32 Å². The number of quaternary nitrogens is 1. The molecular formula is C20H26N3O3+. The molecule has 26 heavy (non-hydrogen) atoms. The highest BCUT2D eigenvalue weighted by Crippen LogP contribution is 2.32. The maximum Gasteiger partial charge on any atom is 0.251 e. The third kappa shape index (κ3) is 3.91. The first-order valence-corrected chi connectivity index (χ1v) is 8.71. The Balaban J connectivity index is 1.67. The Bertz CT molecular complexity index is 772. The first-order chi connectivity index (χ1) is 12.5. The molecule has 2 aromatic rings. The Hall–Kier alpha value is -2.73. The second-order valence-electron chi connectivity index (χ2n) is 6.89. The fraction of sp³-hybridized carbons (Fsp3) is 0.350. The van der Waals surface area contributed by atoms with Crippen molar-refractivity contribution in [3.8, 4) is 11.5 Å². The van der Waals surface area contributed by atoms with Crippen molar-refractivity contribution in [2.75, 3.05) is 46.4 Å². The number of anilines is 1. The van der Waals surface area contributed by atoms with Gasteiger partial charge in [-0.15, -0.1) is 0 Å². The number of rotatable bonds is 6. The summed E-state index contributed by atoms with van der Waals surface area (Å²) in [6.07, 6.45) is 0. The monoisotopic (exact) mass is 356 g/mol. The number of hydrogen-bond donors (Lipinski definition) is 2. The highest BCUT2D eigenvalue weighted by Gasteiger charge is 2.21. The topological polar surface area (TPSA) is 55.2 Å². The molecule has 0 saturated carbocycles. The molecule has 1 amide bonds. The van der Waals surface area contributed by atoms with Gasteiger partial charge in [-0.1, -0.05) is 12.1 Å². The molecule has 0 aliphatic carbocycles. The van der Waals surface area contributed by atoms with Crippen LogP contribution in [-0.2, 0) is 0 Å². The number of carbonyl (C=O) groups excluding carboxylic acids is 1. The zero-order valence-electron chi connectivity index (χ0n) is 15.7. The third-order valence-electron chi connectivity index (χ3n) is 4.61.